The molecule has 2 unspecified atom stereocenters. The lowest BCUT2D eigenvalue weighted by atomic mass is 9.89. The van der Waals surface area contributed by atoms with E-state index in [0.29, 0.717) is 11.8 Å². The summed E-state index contributed by atoms with van der Waals surface area (Å²) in [6.07, 6.45) is 2.59. The molecule has 0 N–H and O–H groups in total. The Bertz CT molecular complexity index is 452. The number of halogens is 1. The van der Waals surface area contributed by atoms with Crippen molar-refractivity contribution in [2.75, 3.05) is 0 Å². The number of hydrogen-bond acceptors (Lipinski definition) is 0. The van der Waals surface area contributed by atoms with E-state index in [1.54, 1.807) is 11.1 Å². The third-order valence-electron chi connectivity index (χ3n) is 3.97. The lowest BCUT2D eigenvalue weighted by Gasteiger charge is -2.15. The highest BCUT2D eigenvalue weighted by atomic mass is 35.5. The highest BCUT2D eigenvalue weighted by molar-refractivity contribution is 6.29. The standard InChI is InChI=1S/C14H15Cl/c1-8-4-3-5-10-11-6-7-12(13(8)10)14(11)9(2)15/h3-5,11-12H,6-7H2,1-2H3/b14-9+. The highest BCUT2D eigenvalue weighted by Gasteiger charge is 2.42. The summed E-state index contributed by atoms with van der Waals surface area (Å²) in [6.45, 7) is 4.27. The van der Waals surface area contributed by atoms with Gasteiger partial charge < -0.3 is 0 Å². The van der Waals surface area contributed by atoms with Crippen molar-refractivity contribution < 1.29 is 0 Å². The van der Waals surface area contributed by atoms with Gasteiger partial charge in [-0.15, -0.1) is 0 Å². The number of hydrogen-bond donors (Lipinski definition) is 0. The van der Waals surface area contributed by atoms with E-state index in [2.05, 4.69) is 25.1 Å². The van der Waals surface area contributed by atoms with Crippen LogP contribution in [0.4, 0.5) is 0 Å². The Hall–Kier alpha value is -0.750. The van der Waals surface area contributed by atoms with E-state index in [0.717, 1.165) is 5.03 Å². The van der Waals surface area contributed by atoms with Crippen molar-refractivity contribution >= 4 is 11.6 Å². The molecule has 1 aromatic carbocycles. The predicted octanol–water partition coefficient (Wildman–Crippen LogP) is 4.48. The fourth-order valence-corrected chi connectivity index (χ4v) is 3.74. The second kappa shape index (κ2) is 3.12. The van der Waals surface area contributed by atoms with Gasteiger partial charge in [0.2, 0.25) is 0 Å². The molecule has 0 saturated heterocycles. The molecule has 3 rings (SSSR count). The molecule has 1 aromatic rings. The minimum absolute atomic E-state index is 0.627. The average molecular weight is 219 g/mol. The normalized spacial score (nSPS) is 30.6. The smallest absolute Gasteiger partial charge is 0.0154 e. The summed E-state index contributed by atoms with van der Waals surface area (Å²) in [5.74, 6) is 1.26. The molecule has 15 heavy (non-hydrogen) atoms. The molecule has 0 spiro atoms. The molecule has 0 amide bonds. The highest BCUT2D eigenvalue weighted by Crippen LogP contribution is 2.58. The minimum Gasteiger partial charge on any atom is -0.0895 e. The molecule has 0 aromatic heterocycles. The first kappa shape index (κ1) is 9.47. The number of aryl methyl sites for hydroxylation is 1. The van der Waals surface area contributed by atoms with Crippen molar-refractivity contribution in [2.24, 2.45) is 0 Å². The van der Waals surface area contributed by atoms with Crippen molar-refractivity contribution in [3.8, 4) is 0 Å². The number of benzene rings is 1. The van der Waals surface area contributed by atoms with Crippen LogP contribution in [0.15, 0.2) is 28.8 Å². The Balaban J connectivity index is 2.26. The summed E-state index contributed by atoms with van der Waals surface area (Å²) in [5.41, 5.74) is 6.06. The molecule has 2 aliphatic rings. The van der Waals surface area contributed by atoms with Crippen LogP contribution < -0.4 is 0 Å². The molecule has 0 aliphatic heterocycles. The maximum absolute atomic E-state index is 6.24. The zero-order valence-corrected chi connectivity index (χ0v) is 9.93. The van der Waals surface area contributed by atoms with Crippen LogP contribution in [-0.4, -0.2) is 0 Å². The van der Waals surface area contributed by atoms with E-state index in [1.165, 1.54) is 24.0 Å². The molecular formula is C14H15Cl. The zero-order valence-electron chi connectivity index (χ0n) is 9.18. The fourth-order valence-electron chi connectivity index (χ4n) is 3.47. The van der Waals surface area contributed by atoms with Crippen molar-refractivity contribution in [1.29, 1.82) is 0 Å². The Kier molecular flexibility index (Phi) is 1.97. The van der Waals surface area contributed by atoms with Gasteiger partial charge in [0.1, 0.15) is 0 Å². The van der Waals surface area contributed by atoms with Gasteiger partial charge in [-0.25, -0.2) is 0 Å². The molecule has 1 heteroatoms. The third-order valence-corrected chi connectivity index (χ3v) is 4.19. The van der Waals surface area contributed by atoms with Gasteiger partial charge in [-0.3, -0.25) is 0 Å². The third kappa shape index (κ3) is 1.15. The Morgan fingerprint density at radius 3 is 2.67 bits per heavy atom. The van der Waals surface area contributed by atoms with Gasteiger partial charge in [0.05, 0.1) is 0 Å². The predicted molar refractivity (Wildman–Crippen MR) is 64.4 cm³/mol. The molecule has 1 saturated carbocycles. The van der Waals surface area contributed by atoms with Gasteiger partial charge in [0.25, 0.3) is 0 Å². The van der Waals surface area contributed by atoms with E-state index in [4.69, 9.17) is 11.6 Å². The molecular weight excluding hydrogens is 204 g/mol. The number of rotatable bonds is 0. The molecule has 0 radical (unpaired) electrons. The van der Waals surface area contributed by atoms with Crippen molar-refractivity contribution in [1.82, 2.24) is 0 Å². The van der Waals surface area contributed by atoms with E-state index >= 15 is 0 Å². The molecule has 1 fully saturated rings. The van der Waals surface area contributed by atoms with E-state index in [1.807, 2.05) is 6.92 Å². The summed E-state index contributed by atoms with van der Waals surface area (Å²) < 4.78 is 0. The van der Waals surface area contributed by atoms with E-state index in [9.17, 15) is 0 Å². The largest absolute Gasteiger partial charge is 0.0895 e. The van der Waals surface area contributed by atoms with E-state index < -0.39 is 0 Å². The molecule has 0 heterocycles. The van der Waals surface area contributed by atoms with Crippen LogP contribution in [-0.2, 0) is 0 Å². The first-order chi connectivity index (χ1) is 7.20. The van der Waals surface area contributed by atoms with Crippen LogP contribution in [0.25, 0.3) is 0 Å². The number of allylic oxidation sites excluding steroid dienone is 2. The zero-order chi connectivity index (χ0) is 10.6. The molecule has 78 valence electrons. The fraction of sp³-hybridized carbons (Fsp3) is 0.429. The first-order valence-electron chi connectivity index (χ1n) is 5.65. The second-order valence-corrected chi connectivity index (χ2v) is 5.32. The Morgan fingerprint density at radius 1 is 1.27 bits per heavy atom. The molecule has 0 nitrogen and oxygen atoms in total. The average Bonchev–Trinajstić information content (AvgIpc) is 2.73. The molecule has 2 atom stereocenters. The monoisotopic (exact) mass is 218 g/mol. The molecule has 2 aliphatic carbocycles. The summed E-state index contributed by atoms with van der Waals surface area (Å²) in [4.78, 5) is 0. The summed E-state index contributed by atoms with van der Waals surface area (Å²) >= 11 is 6.24. The van der Waals surface area contributed by atoms with Gasteiger partial charge in [0.15, 0.2) is 0 Å². The van der Waals surface area contributed by atoms with Crippen LogP contribution in [0.5, 0.6) is 0 Å². The van der Waals surface area contributed by atoms with Crippen molar-refractivity contribution in [3.63, 3.8) is 0 Å². The lowest BCUT2D eigenvalue weighted by Crippen LogP contribution is -1.99. The minimum atomic E-state index is 0.627. The van der Waals surface area contributed by atoms with Crippen molar-refractivity contribution in [2.45, 2.75) is 38.5 Å². The van der Waals surface area contributed by atoms with Crippen molar-refractivity contribution in [3.05, 3.63) is 45.5 Å². The van der Waals surface area contributed by atoms with Crippen LogP contribution in [0.2, 0.25) is 0 Å². The van der Waals surface area contributed by atoms with Gasteiger partial charge in [-0.05, 0) is 49.0 Å². The topological polar surface area (TPSA) is 0 Å². The second-order valence-electron chi connectivity index (χ2n) is 4.75. The lowest BCUT2D eigenvalue weighted by molar-refractivity contribution is 0.713. The maximum Gasteiger partial charge on any atom is 0.0154 e. The van der Waals surface area contributed by atoms with E-state index in [-0.39, 0.29) is 0 Å². The molecule has 2 bridgehead atoms. The summed E-state index contributed by atoms with van der Waals surface area (Å²) in [7, 11) is 0. The van der Waals surface area contributed by atoms with Gasteiger partial charge in [-0.1, -0.05) is 29.8 Å². The first-order valence-corrected chi connectivity index (χ1v) is 6.03. The van der Waals surface area contributed by atoms with Gasteiger partial charge in [-0.2, -0.15) is 0 Å². The Labute approximate surface area is 96.0 Å². The van der Waals surface area contributed by atoms with Gasteiger partial charge in [0, 0.05) is 16.9 Å². The SMILES string of the molecule is C/C(Cl)=C1/C2CCC1c1c(C)cccc12. The van der Waals surface area contributed by atoms with Crippen LogP contribution in [0.1, 0.15) is 48.3 Å². The van der Waals surface area contributed by atoms with Crippen LogP contribution in [0.3, 0.4) is 0 Å². The quantitative estimate of drug-likeness (QED) is 0.602. The summed E-state index contributed by atoms with van der Waals surface area (Å²) in [6, 6.07) is 6.68. The number of fused-ring (bicyclic) bond motifs is 5. The van der Waals surface area contributed by atoms with Crippen LogP contribution in [0, 0.1) is 6.92 Å². The Morgan fingerprint density at radius 2 is 2.00 bits per heavy atom. The maximum atomic E-state index is 6.24. The van der Waals surface area contributed by atoms with Crippen LogP contribution >= 0.6 is 11.6 Å². The van der Waals surface area contributed by atoms with Gasteiger partial charge >= 0.3 is 0 Å². The summed E-state index contributed by atoms with van der Waals surface area (Å²) in [5, 5.41) is 1.03.